The summed E-state index contributed by atoms with van der Waals surface area (Å²) < 4.78 is 5.57. The summed E-state index contributed by atoms with van der Waals surface area (Å²) >= 11 is 0. The van der Waals surface area contributed by atoms with Crippen LogP contribution in [0.1, 0.15) is 41.2 Å². The number of carbonyl (C=O) groups excluding carboxylic acids is 2. The fourth-order valence-electron chi connectivity index (χ4n) is 2.84. The summed E-state index contributed by atoms with van der Waals surface area (Å²) in [4.78, 5) is 28.0. The molecule has 9 heteroatoms. The molecule has 31 heavy (non-hydrogen) atoms. The Kier molecular flexibility index (Phi) is 4.95. The van der Waals surface area contributed by atoms with Crippen LogP contribution in [0, 0.1) is 23.2 Å². The van der Waals surface area contributed by atoms with Gasteiger partial charge >= 0.3 is 11.7 Å². The van der Waals surface area contributed by atoms with Gasteiger partial charge in [0.25, 0.3) is 5.71 Å². The van der Waals surface area contributed by atoms with E-state index in [-0.39, 0.29) is 11.5 Å². The molecule has 3 heterocycles. The lowest BCUT2D eigenvalue weighted by Gasteiger charge is -2.03. The van der Waals surface area contributed by atoms with Gasteiger partial charge in [-0.3, -0.25) is 14.0 Å². The summed E-state index contributed by atoms with van der Waals surface area (Å²) in [5.74, 6) is 6.15. The number of nitrogens with zero attached hydrogens (tertiary/aromatic N) is 6. The Hall–Kier alpha value is -4.85. The van der Waals surface area contributed by atoms with Gasteiger partial charge in [0, 0.05) is 23.0 Å². The van der Waals surface area contributed by atoms with Crippen molar-refractivity contribution in [2.75, 3.05) is 5.32 Å². The first-order valence-electron chi connectivity index (χ1n) is 9.13. The first-order valence-corrected chi connectivity index (χ1v) is 9.13. The van der Waals surface area contributed by atoms with Gasteiger partial charge in [-0.25, -0.2) is 4.67 Å². The number of hydrogen-bond donors (Lipinski definition) is 1. The van der Waals surface area contributed by atoms with E-state index in [1.807, 2.05) is 6.07 Å². The van der Waals surface area contributed by atoms with Crippen LogP contribution in [0.2, 0.25) is 0 Å². The predicted molar refractivity (Wildman–Crippen MR) is 115 cm³/mol. The molecule has 3 aromatic rings. The van der Waals surface area contributed by atoms with Crippen molar-refractivity contribution in [2.24, 2.45) is 4.99 Å². The maximum Gasteiger partial charge on any atom is 0.387 e. The Balaban J connectivity index is 1.65. The number of nitriles is 1. The number of amidine groups is 1. The highest BCUT2D eigenvalue weighted by Gasteiger charge is 2.23. The van der Waals surface area contributed by atoms with Crippen molar-refractivity contribution in [3.05, 3.63) is 59.0 Å². The third-order valence-corrected chi connectivity index (χ3v) is 4.34. The number of nitrogens with one attached hydrogen (secondary N) is 1. The maximum absolute atomic E-state index is 12.3. The lowest BCUT2D eigenvalue weighted by atomic mass is 10.1. The molecule has 0 fully saturated rings. The number of Topliss-reactive ketones (excluding diaryl/α,β-unsaturated/α-hetero) is 1. The Morgan fingerprint density at radius 2 is 1.94 bits per heavy atom. The Morgan fingerprint density at radius 1 is 1.13 bits per heavy atom. The van der Waals surface area contributed by atoms with Gasteiger partial charge in [-0.2, -0.15) is 5.26 Å². The van der Waals surface area contributed by atoms with Gasteiger partial charge in [0.1, 0.15) is 0 Å². The average molecular weight is 408 g/mol. The number of pyridine rings is 1. The van der Waals surface area contributed by atoms with Gasteiger partial charge < -0.3 is 5.32 Å². The highest BCUT2D eigenvalue weighted by molar-refractivity contribution is 6.64. The SMILES string of the molecule is CC(=O)c1ccc2nnc(C#Cc3cc(C#N)cc(NC(=O)C4=NC(C)=[N+]=C4)c3)n2c1. The lowest BCUT2D eigenvalue weighted by Crippen LogP contribution is -2.23. The molecule has 0 bridgehead atoms. The maximum atomic E-state index is 12.3. The number of fused-ring (bicyclic) bond motifs is 1. The zero-order valence-electron chi connectivity index (χ0n) is 16.5. The molecule has 1 aliphatic heterocycles. The summed E-state index contributed by atoms with van der Waals surface area (Å²) in [6.45, 7) is 3.16. The lowest BCUT2D eigenvalue weighted by molar-refractivity contribution is -0.110. The number of carbonyl (C=O) groups is 2. The molecule has 0 aliphatic carbocycles. The molecule has 1 aromatic carbocycles. The van der Waals surface area contributed by atoms with Crippen LogP contribution in [-0.4, -0.2) is 44.1 Å². The largest absolute Gasteiger partial charge is 0.387 e. The Labute approximate surface area is 176 Å². The van der Waals surface area contributed by atoms with E-state index in [1.54, 1.807) is 41.8 Å². The molecule has 0 atom stereocenters. The topological polar surface area (TPSA) is 127 Å². The number of amides is 1. The van der Waals surface area contributed by atoms with E-state index >= 15 is 0 Å². The van der Waals surface area contributed by atoms with Crippen LogP contribution in [0.15, 0.2) is 41.5 Å². The quantitative estimate of drug-likeness (QED) is 0.395. The van der Waals surface area contributed by atoms with Crippen LogP contribution in [0.5, 0.6) is 0 Å². The fourth-order valence-corrected chi connectivity index (χ4v) is 2.84. The molecule has 0 radical (unpaired) electrons. The standard InChI is InChI=1S/C22H13N7O2/c1-13(30)17-4-6-21-28-27-20(29(21)12-17)5-3-15-7-16(10-23)9-18(8-15)26-22(31)19-11-24-14(2)25-19/h4,6-9,11-12H,1-2H3/p+1. The molecule has 1 amide bonds. The van der Waals surface area contributed by atoms with Gasteiger partial charge in [-0.15, -0.1) is 10.2 Å². The number of ketones is 1. The minimum Gasteiger partial charge on any atom is -0.318 e. The summed E-state index contributed by atoms with van der Waals surface area (Å²) in [6, 6.07) is 10.2. The van der Waals surface area contributed by atoms with Crippen molar-refractivity contribution in [1.29, 1.82) is 5.26 Å². The third-order valence-electron chi connectivity index (χ3n) is 4.34. The molecule has 1 aliphatic rings. The summed E-state index contributed by atoms with van der Waals surface area (Å²) in [6.07, 6.45) is 3.01. The van der Waals surface area contributed by atoms with Crippen molar-refractivity contribution in [2.45, 2.75) is 13.8 Å². The van der Waals surface area contributed by atoms with E-state index in [0.29, 0.717) is 39.7 Å². The number of benzene rings is 1. The van der Waals surface area contributed by atoms with Crippen LogP contribution in [0.3, 0.4) is 0 Å². The minimum absolute atomic E-state index is 0.0821. The molecule has 2 aromatic heterocycles. The van der Waals surface area contributed by atoms with Gasteiger partial charge in [-0.1, -0.05) is 5.92 Å². The van der Waals surface area contributed by atoms with Crippen LogP contribution < -0.4 is 9.98 Å². The number of aliphatic imine (C=N–C) groups is 1. The van der Waals surface area contributed by atoms with Crippen molar-refractivity contribution in [3.63, 3.8) is 0 Å². The summed E-state index contributed by atoms with van der Waals surface area (Å²) in [7, 11) is 0. The van der Waals surface area contributed by atoms with Crippen LogP contribution in [0.25, 0.3) is 5.65 Å². The van der Waals surface area contributed by atoms with E-state index < -0.39 is 5.91 Å². The molecule has 0 saturated heterocycles. The summed E-state index contributed by atoms with van der Waals surface area (Å²) in [5, 5.41) is 20.1. The van der Waals surface area contributed by atoms with Gasteiger partial charge in [0.2, 0.25) is 12.0 Å². The normalized spacial score (nSPS) is 11.9. The molecule has 0 unspecified atom stereocenters. The molecule has 1 N–H and O–H groups in total. The fraction of sp³-hybridized carbons (Fsp3) is 0.0909. The Morgan fingerprint density at radius 3 is 2.65 bits per heavy atom. The second-order valence-corrected chi connectivity index (χ2v) is 6.64. The van der Waals surface area contributed by atoms with E-state index in [0.717, 1.165) is 0 Å². The monoisotopic (exact) mass is 408 g/mol. The number of rotatable bonds is 3. The van der Waals surface area contributed by atoms with Crippen molar-refractivity contribution < 1.29 is 9.59 Å². The summed E-state index contributed by atoms with van der Waals surface area (Å²) in [5.41, 5.74) is 2.48. The van der Waals surface area contributed by atoms with Gasteiger partial charge in [-0.05, 0) is 48.2 Å². The highest BCUT2D eigenvalue weighted by atomic mass is 16.2. The van der Waals surface area contributed by atoms with E-state index in [2.05, 4.69) is 37.0 Å². The minimum atomic E-state index is -0.435. The average Bonchev–Trinajstić information content (AvgIpc) is 3.37. The Bertz CT molecular complexity index is 1470. The zero-order chi connectivity index (χ0) is 22.0. The number of anilines is 1. The van der Waals surface area contributed by atoms with E-state index in [4.69, 9.17) is 0 Å². The van der Waals surface area contributed by atoms with Crippen LogP contribution >= 0.6 is 0 Å². The van der Waals surface area contributed by atoms with Gasteiger partial charge in [0.15, 0.2) is 11.4 Å². The van der Waals surface area contributed by atoms with Crippen LogP contribution in [-0.2, 0) is 4.79 Å². The first kappa shape index (κ1) is 19.5. The van der Waals surface area contributed by atoms with Crippen molar-refractivity contribution in [3.8, 4) is 17.9 Å². The van der Waals surface area contributed by atoms with E-state index in [9.17, 15) is 14.9 Å². The molecular weight excluding hydrogens is 394 g/mol. The molecule has 9 nitrogen and oxygen atoms in total. The van der Waals surface area contributed by atoms with Crippen molar-refractivity contribution >= 4 is 40.8 Å². The van der Waals surface area contributed by atoms with Crippen LogP contribution in [0.4, 0.5) is 5.69 Å². The van der Waals surface area contributed by atoms with Crippen molar-refractivity contribution in [1.82, 2.24) is 19.3 Å². The van der Waals surface area contributed by atoms with E-state index in [1.165, 1.54) is 19.2 Å². The molecular formula is C22H14N7O2+. The zero-order valence-corrected chi connectivity index (χ0v) is 16.5. The first-order chi connectivity index (χ1) is 14.9. The third kappa shape index (κ3) is 4.13. The van der Waals surface area contributed by atoms with Gasteiger partial charge in [0.05, 0.1) is 18.6 Å². The number of aromatic nitrogens is 3. The number of hydrogen-bond acceptors (Lipinski definition) is 6. The molecule has 0 saturated carbocycles. The molecule has 4 rings (SSSR count). The highest BCUT2D eigenvalue weighted by Crippen LogP contribution is 2.15. The second kappa shape index (κ2) is 7.88. The molecule has 0 spiro atoms. The predicted octanol–water partition coefficient (Wildman–Crippen LogP) is 1.15. The smallest absolute Gasteiger partial charge is 0.318 e. The second-order valence-electron chi connectivity index (χ2n) is 6.64. The molecule has 148 valence electrons.